The summed E-state index contributed by atoms with van der Waals surface area (Å²) in [5, 5.41) is 0. The fourth-order valence-corrected chi connectivity index (χ4v) is 4.48. The fourth-order valence-electron chi connectivity index (χ4n) is 4.48. The molecule has 3 heterocycles. The van der Waals surface area contributed by atoms with Gasteiger partial charge in [-0.25, -0.2) is 0 Å². The molecule has 1 aromatic heterocycles. The van der Waals surface area contributed by atoms with Crippen LogP contribution in [-0.4, -0.2) is 35.4 Å². The topological polar surface area (TPSA) is 36.4 Å². The first-order chi connectivity index (χ1) is 12.3. The Morgan fingerprint density at radius 1 is 1.12 bits per heavy atom. The molecule has 128 valence electrons. The maximum atomic E-state index is 13.4. The van der Waals surface area contributed by atoms with Crippen LogP contribution >= 0.6 is 0 Å². The summed E-state index contributed by atoms with van der Waals surface area (Å²) in [4.78, 5) is 22.3. The van der Waals surface area contributed by atoms with E-state index >= 15 is 0 Å². The first kappa shape index (κ1) is 15.1. The first-order valence-electron chi connectivity index (χ1n) is 9.30. The van der Waals surface area contributed by atoms with Crippen molar-refractivity contribution in [2.45, 2.75) is 31.2 Å². The van der Waals surface area contributed by atoms with Gasteiger partial charge in [0, 0.05) is 38.1 Å². The smallest absolute Gasteiger partial charge is 0.239 e. The van der Waals surface area contributed by atoms with Gasteiger partial charge in [-0.15, -0.1) is 0 Å². The van der Waals surface area contributed by atoms with E-state index in [1.165, 1.54) is 18.4 Å². The van der Waals surface area contributed by atoms with E-state index in [4.69, 9.17) is 0 Å². The third-order valence-electron chi connectivity index (χ3n) is 5.96. The van der Waals surface area contributed by atoms with Crippen molar-refractivity contribution in [1.82, 2.24) is 9.88 Å². The summed E-state index contributed by atoms with van der Waals surface area (Å²) in [7, 11) is 0. The van der Waals surface area contributed by atoms with Crippen LogP contribution in [0, 0.1) is 5.92 Å². The highest BCUT2D eigenvalue weighted by Crippen LogP contribution is 2.48. The lowest BCUT2D eigenvalue weighted by Crippen LogP contribution is -2.43. The number of likely N-dealkylation sites (tertiary alicyclic amines) is 1. The van der Waals surface area contributed by atoms with Gasteiger partial charge in [0.15, 0.2) is 0 Å². The summed E-state index contributed by atoms with van der Waals surface area (Å²) in [5.74, 6) is 1.03. The largest absolute Gasteiger partial charge is 0.311 e. The number of para-hydroxylation sites is 1. The van der Waals surface area contributed by atoms with Crippen LogP contribution in [0.5, 0.6) is 0 Å². The number of carbonyl (C=O) groups excluding carboxylic acids is 1. The Hall–Kier alpha value is -2.20. The van der Waals surface area contributed by atoms with E-state index in [0.717, 1.165) is 44.0 Å². The van der Waals surface area contributed by atoms with Crippen LogP contribution in [0.15, 0.2) is 48.7 Å². The molecule has 0 N–H and O–H groups in total. The van der Waals surface area contributed by atoms with Crippen molar-refractivity contribution < 1.29 is 4.79 Å². The summed E-state index contributed by atoms with van der Waals surface area (Å²) < 4.78 is 0. The number of hydrogen-bond donors (Lipinski definition) is 0. The van der Waals surface area contributed by atoms with Crippen molar-refractivity contribution >= 4 is 11.6 Å². The summed E-state index contributed by atoms with van der Waals surface area (Å²) in [6.45, 7) is 3.48. The number of nitrogens with zero attached hydrogens (tertiary/aromatic N) is 3. The van der Waals surface area contributed by atoms with Crippen molar-refractivity contribution in [2.75, 3.05) is 24.5 Å². The zero-order chi connectivity index (χ0) is 16.9. The molecule has 5 rings (SSSR count). The number of anilines is 1. The predicted molar refractivity (Wildman–Crippen MR) is 97.3 cm³/mol. The third kappa shape index (κ3) is 2.47. The Morgan fingerprint density at radius 2 is 1.96 bits per heavy atom. The van der Waals surface area contributed by atoms with Gasteiger partial charge in [-0.3, -0.25) is 14.7 Å². The zero-order valence-electron chi connectivity index (χ0n) is 14.4. The van der Waals surface area contributed by atoms with Crippen LogP contribution in [0.1, 0.15) is 30.5 Å². The minimum absolute atomic E-state index is 0.323. The van der Waals surface area contributed by atoms with Crippen LogP contribution in [0.4, 0.5) is 5.69 Å². The number of fused-ring (bicyclic) bond motifs is 2. The highest BCUT2D eigenvalue weighted by Gasteiger charge is 2.54. The van der Waals surface area contributed by atoms with Gasteiger partial charge < -0.3 is 4.90 Å². The van der Waals surface area contributed by atoms with Gasteiger partial charge in [-0.1, -0.05) is 24.3 Å². The third-order valence-corrected chi connectivity index (χ3v) is 5.96. The van der Waals surface area contributed by atoms with Gasteiger partial charge in [-0.2, -0.15) is 0 Å². The van der Waals surface area contributed by atoms with Crippen LogP contribution in [-0.2, 0) is 16.8 Å². The molecule has 4 heteroatoms. The molecule has 3 aliphatic rings. The Labute approximate surface area is 148 Å². The van der Waals surface area contributed by atoms with Crippen LogP contribution < -0.4 is 4.90 Å². The van der Waals surface area contributed by atoms with Gasteiger partial charge in [0.05, 0.1) is 11.1 Å². The van der Waals surface area contributed by atoms with Crippen molar-refractivity contribution in [3.05, 3.63) is 59.9 Å². The molecule has 1 amide bonds. The lowest BCUT2D eigenvalue weighted by atomic mass is 9.81. The second-order valence-electron chi connectivity index (χ2n) is 7.74. The Kier molecular flexibility index (Phi) is 3.42. The molecule has 2 fully saturated rings. The summed E-state index contributed by atoms with van der Waals surface area (Å²) in [6, 6.07) is 14.5. The molecule has 25 heavy (non-hydrogen) atoms. The molecule has 2 aliphatic heterocycles. The number of rotatable bonds is 4. The molecule has 1 saturated heterocycles. The van der Waals surface area contributed by atoms with Gasteiger partial charge >= 0.3 is 0 Å². The van der Waals surface area contributed by atoms with E-state index in [1.54, 1.807) is 0 Å². The minimum Gasteiger partial charge on any atom is -0.311 e. The molecule has 1 unspecified atom stereocenters. The van der Waals surface area contributed by atoms with Crippen molar-refractivity contribution in [2.24, 2.45) is 5.92 Å². The van der Waals surface area contributed by atoms with Crippen molar-refractivity contribution in [3.63, 3.8) is 0 Å². The van der Waals surface area contributed by atoms with E-state index in [-0.39, 0.29) is 5.41 Å². The standard InChI is InChI=1S/C21H23N3O/c25-20-21(10-12-23(15-21)14-17-5-3-4-11-22-17)18-6-1-2-7-19(18)24(20)13-16-8-9-16/h1-7,11,16H,8-10,12-15H2. The fraction of sp³-hybridized carbons (Fsp3) is 0.429. The Balaban J connectivity index is 1.43. The Bertz CT molecular complexity index is 802. The maximum absolute atomic E-state index is 13.4. The van der Waals surface area contributed by atoms with E-state index in [1.807, 2.05) is 18.3 Å². The number of carbonyl (C=O) groups is 1. The number of amides is 1. The number of hydrogen-bond acceptors (Lipinski definition) is 3. The minimum atomic E-state index is -0.347. The van der Waals surface area contributed by atoms with E-state index in [0.29, 0.717) is 11.8 Å². The van der Waals surface area contributed by atoms with Crippen LogP contribution in [0.2, 0.25) is 0 Å². The average Bonchev–Trinajstić information content (AvgIpc) is 3.33. The number of aromatic nitrogens is 1. The maximum Gasteiger partial charge on any atom is 0.239 e. The molecular formula is C21H23N3O. The molecule has 1 aliphatic carbocycles. The lowest BCUT2D eigenvalue weighted by molar-refractivity contribution is -0.122. The van der Waals surface area contributed by atoms with Gasteiger partial charge in [0.1, 0.15) is 0 Å². The molecule has 1 saturated carbocycles. The highest BCUT2D eigenvalue weighted by atomic mass is 16.2. The van der Waals surface area contributed by atoms with Crippen molar-refractivity contribution in [1.29, 1.82) is 0 Å². The molecular weight excluding hydrogens is 310 g/mol. The quantitative estimate of drug-likeness (QED) is 0.863. The monoisotopic (exact) mass is 333 g/mol. The number of benzene rings is 1. The SMILES string of the molecule is O=C1N(CC2CC2)c2ccccc2C12CCN(Cc1ccccn1)C2. The highest BCUT2D eigenvalue weighted by molar-refractivity contribution is 6.08. The van der Waals surface area contributed by atoms with Gasteiger partial charge in [0.25, 0.3) is 0 Å². The first-order valence-corrected chi connectivity index (χ1v) is 9.30. The molecule has 2 aromatic rings. The average molecular weight is 333 g/mol. The number of pyridine rings is 1. The van der Waals surface area contributed by atoms with E-state index in [2.05, 4.69) is 45.1 Å². The van der Waals surface area contributed by atoms with Gasteiger partial charge in [0.2, 0.25) is 5.91 Å². The molecule has 1 spiro atoms. The van der Waals surface area contributed by atoms with Crippen molar-refractivity contribution in [3.8, 4) is 0 Å². The van der Waals surface area contributed by atoms with Crippen LogP contribution in [0.25, 0.3) is 0 Å². The molecule has 1 aromatic carbocycles. The molecule has 1 atom stereocenters. The molecule has 0 bridgehead atoms. The normalized spacial score (nSPS) is 25.8. The van der Waals surface area contributed by atoms with E-state index < -0.39 is 0 Å². The summed E-state index contributed by atoms with van der Waals surface area (Å²) in [5.41, 5.74) is 3.12. The second kappa shape index (κ2) is 5.67. The van der Waals surface area contributed by atoms with Gasteiger partial charge in [-0.05, 0) is 48.9 Å². The molecule has 4 nitrogen and oxygen atoms in total. The Morgan fingerprint density at radius 3 is 2.76 bits per heavy atom. The lowest BCUT2D eigenvalue weighted by Gasteiger charge is -2.24. The van der Waals surface area contributed by atoms with Crippen LogP contribution in [0.3, 0.4) is 0 Å². The predicted octanol–water partition coefficient (Wildman–Crippen LogP) is 2.98. The zero-order valence-corrected chi connectivity index (χ0v) is 14.4. The second-order valence-corrected chi connectivity index (χ2v) is 7.74. The summed E-state index contributed by atoms with van der Waals surface area (Å²) >= 11 is 0. The molecule has 0 radical (unpaired) electrons. The van der Waals surface area contributed by atoms with E-state index in [9.17, 15) is 4.79 Å². The summed E-state index contributed by atoms with van der Waals surface area (Å²) in [6.07, 6.45) is 5.29.